The van der Waals surface area contributed by atoms with Crippen LogP contribution >= 0.6 is 0 Å². The Morgan fingerprint density at radius 2 is 1.76 bits per heavy atom. The summed E-state index contributed by atoms with van der Waals surface area (Å²) in [5.41, 5.74) is 1.21. The number of rotatable bonds is 7. The third-order valence-corrected chi connectivity index (χ3v) is 5.13. The molecule has 0 heterocycles. The first-order valence-electron chi connectivity index (χ1n) is 7.45. The monoisotopic (exact) mass is 369 g/mol. The highest BCUT2D eigenvalue weighted by molar-refractivity contribution is 7.89. The molecule has 2 aromatic rings. The number of hydrogen-bond acceptors (Lipinski definition) is 3. The molecule has 0 aliphatic rings. The van der Waals surface area contributed by atoms with Gasteiger partial charge in [-0.25, -0.2) is 21.9 Å². The summed E-state index contributed by atoms with van der Waals surface area (Å²) < 4.78 is 54.6. The number of halogens is 2. The van der Waals surface area contributed by atoms with E-state index in [4.69, 9.17) is 5.11 Å². The van der Waals surface area contributed by atoms with E-state index in [1.54, 1.807) is 24.3 Å². The van der Waals surface area contributed by atoms with E-state index >= 15 is 0 Å². The highest BCUT2D eigenvalue weighted by atomic mass is 32.2. The van der Waals surface area contributed by atoms with Crippen molar-refractivity contribution in [3.63, 3.8) is 0 Å². The van der Waals surface area contributed by atoms with Crippen molar-refractivity contribution in [2.24, 2.45) is 0 Å². The van der Waals surface area contributed by atoms with Crippen LogP contribution < -0.4 is 4.72 Å². The van der Waals surface area contributed by atoms with Crippen molar-refractivity contribution in [3.05, 3.63) is 64.7 Å². The number of benzene rings is 2. The van der Waals surface area contributed by atoms with Gasteiger partial charge in [0.2, 0.25) is 10.0 Å². The molecular weight excluding hydrogens is 352 g/mol. The van der Waals surface area contributed by atoms with E-state index in [1.807, 2.05) is 0 Å². The van der Waals surface area contributed by atoms with Crippen molar-refractivity contribution < 1.29 is 27.1 Å². The molecule has 0 fully saturated rings. The minimum atomic E-state index is -4.41. The summed E-state index contributed by atoms with van der Waals surface area (Å²) in [5, 5.41) is 8.77. The highest BCUT2D eigenvalue weighted by Crippen LogP contribution is 2.22. The molecule has 2 aromatic carbocycles. The van der Waals surface area contributed by atoms with Gasteiger partial charge < -0.3 is 5.11 Å². The Kier molecular flexibility index (Phi) is 5.86. The van der Waals surface area contributed by atoms with Crippen molar-refractivity contribution in [1.29, 1.82) is 0 Å². The van der Waals surface area contributed by atoms with Gasteiger partial charge in [-0.3, -0.25) is 4.79 Å². The van der Waals surface area contributed by atoms with Gasteiger partial charge in [-0.2, -0.15) is 0 Å². The molecule has 0 aliphatic carbocycles. The Balaban J connectivity index is 2.24. The molecular formula is C17H17F2NO4S. The summed E-state index contributed by atoms with van der Waals surface area (Å²) in [5.74, 6) is -3.28. The Bertz CT molecular complexity index is 898. The minimum Gasteiger partial charge on any atom is -0.481 e. The zero-order valence-electron chi connectivity index (χ0n) is 13.4. The van der Waals surface area contributed by atoms with Crippen molar-refractivity contribution in [2.45, 2.75) is 31.2 Å². The third kappa shape index (κ3) is 4.61. The average molecular weight is 369 g/mol. The van der Waals surface area contributed by atoms with E-state index in [-0.39, 0.29) is 24.9 Å². The first-order chi connectivity index (χ1) is 11.7. The van der Waals surface area contributed by atoms with Crippen LogP contribution in [-0.2, 0) is 27.8 Å². The number of aryl methyl sites for hydroxylation is 2. The van der Waals surface area contributed by atoms with Crippen LogP contribution in [0, 0.1) is 18.6 Å². The number of aliphatic carboxylic acids is 1. The zero-order valence-corrected chi connectivity index (χ0v) is 14.2. The standard InChI is InChI=1S/C17H17F2NO4S/c1-11-6-8-14(18)17(16(11)19)25(23,24)20-10-13-5-3-2-4-12(13)7-9-15(21)22/h2-6,8,20H,7,9-10H2,1H3,(H,21,22). The van der Waals surface area contributed by atoms with Gasteiger partial charge in [0.05, 0.1) is 0 Å². The number of carboxylic acids is 1. The average Bonchev–Trinajstić information content (AvgIpc) is 2.55. The fourth-order valence-electron chi connectivity index (χ4n) is 2.34. The van der Waals surface area contributed by atoms with E-state index in [1.165, 1.54) is 6.92 Å². The van der Waals surface area contributed by atoms with Crippen LogP contribution in [0.2, 0.25) is 0 Å². The molecule has 25 heavy (non-hydrogen) atoms. The summed E-state index contributed by atoms with van der Waals surface area (Å²) in [4.78, 5) is 9.68. The van der Waals surface area contributed by atoms with Gasteiger partial charge >= 0.3 is 5.97 Å². The quantitative estimate of drug-likeness (QED) is 0.786. The molecule has 2 N–H and O–H groups in total. The van der Waals surface area contributed by atoms with E-state index in [2.05, 4.69) is 4.72 Å². The highest BCUT2D eigenvalue weighted by Gasteiger charge is 2.25. The van der Waals surface area contributed by atoms with Crippen molar-refractivity contribution >= 4 is 16.0 Å². The lowest BCUT2D eigenvalue weighted by molar-refractivity contribution is -0.136. The normalized spacial score (nSPS) is 11.5. The number of sulfonamides is 1. The number of nitrogens with one attached hydrogen (secondary N) is 1. The van der Waals surface area contributed by atoms with Gasteiger partial charge in [0.25, 0.3) is 0 Å². The lowest BCUT2D eigenvalue weighted by Gasteiger charge is -2.12. The summed E-state index contributed by atoms with van der Waals surface area (Å²) in [6.07, 6.45) is 0.116. The summed E-state index contributed by atoms with van der Waals surface area (Å²) >= 11 is 0. The van der Waals surface area contributed by atoms with Crippen molar-refractivity contribution in [2.75, 3.05) is 0 Å². The van der Waals surface area contributed by atoms with E-state index in [9.17, 15) is 22.0 Å². The Morgan fingerprint density at radius 1 is 1.12 bits per heavy atom. The van der Waals surface area contributed by atoms with Gasteiger partial charge in [0.1, 0.15) is 11.6 Å². The lowest BCUT2D eigenvalue weighted by atomic mass is 10.0. The second kappa shape index (κ2) is 7.71. The summed E-state index contributed by atoms with van der Waals surface area (Å²) in [6, 6.07) is 8.73. The first kappa shape index (κ1) is 19.0. The van der Waals surface area contributed by atoms with Crippen molar-refractivity contribution in [3.8, 4) is 0 Å². The summed E-state index contributed by atoms with van der Waals surface area (Å²) in [7, 11) is -4.41. The van der Waals surface area contributed by atoms with E-state index < -0.39 is 32.5 Å². The van der Waals surface area contributed by atoms with Crippen LogP contribution in [0.25, 0.3) is 0 Å². The molecule has 0 aliphatic heterocycles. The molecule has 0 atom stereocenters. The summed E-state index contributed by atoms with van der Waals surface area (Å²) in [6.45, 7) is 1.14. The van der Waals surface area contributed by atoms with Crippen LogP contribution in [0.4, 0.5) is 8.78 Å². The largest absolute Gasteiger partial charge is 0.481 e. The number of carboxylic acid groups (broad SMARTS) is 1. The molecule has 0 bridgehead atoms. The number of hydrogen-bond donors (Lipinski definition) is 2. The zero-order chi connectivity index (χ0) is 18.6. The fourth-order valence-corrected chi connectivity index (χ4v) is 3.55. The predicted octanol–water partition coefficient (Wildman–Crippen LogP) is 2.77. The molecule has 0 saturated carbocycles. The predicted molar refractivity (Wildman–Crippen MR) is 87.5 cm³/mol. The molecule has 5 nitrogen and oxygen atoms in total. The maximum absolute atomic E-state index is 14.0. The van der Waals surface area contributed by atoms with Gasteiger partial charge in [-0.1, -0.05) is 30.3 Å². The second-order valence-electron chi connectivity index (χ2n) is 5.49. The fraction of sp³-hybridized carbons (Fsp3) is 0.235. The van der Waals surface area contributed by atoms with Crippen molar-refractivity contribution in [1.82, 2.24) is 4.72 Å². The molecule has 0 unspecified atom stereocenters. The molecule has 0 spiro atoms. The van der Waals surface area contributed by atoms with Crippen LogP contribution in [-0.4, -0.2) is 19.5 Å². The second-order valence-corrected chi connectivity index (χ2v) is 7.20. The van der Waals surface area contributed by atoms with Gasteiger partial charge in [-0.05, 0) is 36.1 Å². The lowest BCUT2D eigenvalue weighted by Crippen LogP contribution is -2.26. The van der Waals surface area contributed by atoms with Gasteiger partial charge in [0, 0.05) is 13.0 Å². The maximum atomic E-state index is 14.0. The Labute approximate surface area is 144 Å². The maximum Gasteiger partial charge on any atom is 0.303 e. The molecule has 0 aromatic heterocycles. The molecule has 8 heteroatoms. The first-order valence-corrected chi connectivity index (χ1v) is 8.93. The van der Waals surface area contributed by atoms with Gasteiger partial charge in [0.15, 0.2) is 4.90 Å². The molecule has 2 rings (SSSR count). The van der Waals surface area contributed by atoms with E-state index in [0.29, 0.717) is 11.1 Å². The van der Waals surface area contributed by atoms with Gasteiger partial charge in [-0.15, -0.1) is 0 Å². The van der Waals surface area contributed by atoms with Crippen LogP contribution in [0.5, 0.6) is 0 Å². The van der Waals surface area contributed by atoms with Crippen LogP contribution in [0.1, 0.15) is 23.1 Å². The van der Waals surface area contributed by atoms with Crippen LogP contribution in [0.15, 0.2) is 41.3 Å². The SMILES string of the molecule is Cc1ccc(F)c(S(=O)(=O)NCc2ccccc2CCC(=O)O)c1F. The Morgan fingerprint density at radius 3 is 2.40 bits per heavy atom. The Hall–Kier alpha value is -2.32. The number of carbonyl (C=O) groups is 1. The molecule has 0 saturated heterocycles. The molecule has 0 amide bonds. The third-order valence-electron chi connectivity index (χ3n) is 3.69. The smallest absolute Gasteiger partial charge is 0.303 e. The molecule has 134 valence electrons. The topological polar surface area (TPSA) is 83.5 Å². The minimum absolute atomic E-state index is 0.0173. The molecule has 0 radical (unpaired) electrons. The van der Waals surface area contributed by atoms with Crippen LogP contribution in [0.3, 0.4) is 0 Å². The van der Waals surface area contributed by atoms with E-state index in [0.717, 1.165) is 12.1 Å².